The number of fused-ring (bicyclic) bond motifs is 3. The lowest BCUT2D eigenvalue weighted by molar-refractivity contribution is -0.135. The molecule has 0 saturated heterocycles. The zero-order chi connectivity index (χ0) is 21.3. The van der Waals surface area contributed by atoms with Crippen LogP contribution in [0.15, 0.2) is 72.8 Å². The van der Waals surface area contributed by atoms with Crippen LogP contribution in [0.5, 0.6) is 0 Å². The minimum absolute atomic E-state index is 0.0512. The van der Waals surface area contributed by atoms with Gasteiger partial charge < -0.3 is 4.79 Å². The predicted octanol–water partition coefficient (Wildman–Crippen LogP) is 5.78. The molecule has 2 bridgehead atoms. The topological polar surface area (TPSA) is 37.4 Å². The van der Waals surface area contributed by atoms with Gasteiger partial charge in [0.25, 0.3) is 0 Å². The van der Waals surface area contributed by atoms with Crippen LogP contribution in [0.4, 0.5) is 0 Å². The maximum atomic E-state index is 13.3. The molecular formula is C27H20BrNO2. The second-order valence-corrected chi connectivity index (χ2v) is 9.73. The molecule has 0 saturated carbocycles. The van der Waals surface area contributed by atoms with Crippen molar-refractivity contribution in [1.82, 2.24) is 3.93 Å². The highest BCUT2D eigenvalue weighted by Crippen LogP contribution is 2.59. The van der Waals surface area contributed by atoms with E-state index in [1.807, 2.05) is 24.3 Å². The summed E-state index contributed by atoms with van der Waals surface area (Å²) in [5, 5.41) is 4.66. The molecule has 0 heterocycles. The van der Waals surface area contributed by atoms with Crippen molar-refractivity contribution in [2.75, 3.05) is 7.05 Å². The standard InChI is InChI=1S/C27H20BrNO2/c1-29(28)27(31)26-23(14-30)24-19-10-15-6-2-4-8-17(15)12-21(19)25(26)22-13-18-9-5-3-7-16(18)11-20(22)24/h2-14,23-26H,1H3. The maximum Gasteiger partial charge on any atom is 0.236 e. The monoisotopic (exact) mass is 469 g/mol. The SMILES string of the molecule is CN(Br)C(=O)C1C2c3cc4ccccc4cc3C(c3cc4ccccc4cc32)C1C=O. The lowest BCUT2D eigenvalue weighted by atomic mass is 9.54. The minimum atomic E-state index is -0.422. The number of benzene rings is 4. The third kappa shape index (κ3) is 2.58. The number of hydrogen-bond acceptors (Lipinski definition) is 2. The van der Waals surface area contributed by atoms with E-state index in [9.17, 15) is 9.59 Å². The number of carbonyl (C=O) groups is 2. The molecule has 4 heteroatoms. The van der Waals surface area contributed by atoms with Crippen LogP contribution < -0.4 is 0 Å². The zero-order valence-corrected chi connectivity index (χ0v) is 18.5. The highest BCUT2D eigenvalue weighted by molar-refractivity contribution is 9.07. The van der Waals surface area contributed by atoms with Crippen molar-refractivity contribution in [1.29, 1.82) is 0 Å². The molecular weight excluding hydrogens is 450 g/mol. The summed E-state index contributed by atoms with van der Waals surface area (Å²) in [6, 6.07) is 25.6. The molecule has 0 aromatic heterocycles. The van der Waals surface area contributed by atoms with Gasteiger partial charge in [-0.2, -0.15) is 0 Å². The summed E-state index contributed by atoms with van der Waals surface area (Å²) >= 11 is 3.33. The van der Waals surface area contributed by atoms with Crippen LogP contribution in [0.25, 0.3) is 21.5 Å². The highest BCUT2D eigenvalue weighted by Gasteiger charge is 2.53. The first-order chi connectivity index (χ1) is 15.1. The highest BCUT2D eigenvalue weighted by atomic mass is 79.9. The van der Waals surface area contributed by atoms with Crippen LogP contribution in [0, 0.1) is 11.8 Å². The molecule has 1 amide bonds. The number of carbonyl (C=O) groups excluding carboxylic acids is 2. The molecule has 2 unspecified atom stereocenters. The fraction of sp³-hybridized carbons (Fsp3) is 0.185. The number of nitrogens with zero attached hydrogens (tertiary/aromatic N) is 1. The van der Waals surface area contributed by atoms with Crippen molar-refractivity contribution in [2.24, 2.45) is 11.8 Å². The number of aldehydes is 1. The second kappa shape index (κ2) is 6.76. The fourth-order valence-corrected chi connectivity index (χ4v) is 6.11. The summed E-state index contributed by atoms with van der Waals surface area (Å²) in [5.74, 6) is -1.13. The first kappa shape index (κ1) is 18.8. The Morgan fingerprint density at radius 3 is 1.52 bits per heavy atom. The molecule has 152 valence electrons. The van der Waals surface area contributed by atoms with Crippen LogP contribution in [-0.4, -0.2) is 23.2 Å². The van der Waals surface area contributed by atoms with E-state index < -0.39 is 5.92 Å². The van der Waals surface area contributed by atoms with E-state index in [0.29, 0.717) is 0 Å². The number of hydrogen-bond donors (Lipinski definition) is 0. The van der Waals surface area contributed by atoms with Gasteiger partial charge >= 0.3 is 0 Å². The Kier molecular flexibility index (Phi) is 4.09. The number of halogens is 1. The molecule has 0 aliphatic heterocycles. The van der Waals surface area contributed by atoms with Crippen molar-refractivity contribution in [3.8, 4) is 0 Å². The normalized spacial score (nSPS) is 23.4. The Balaban J connectivity index is 1.70. The van der Waals surface area contributed by atoms with Crippen molar-refractivity contribution in [2.45, 2.75) is 11.8 Å². The Morgan fingerprint density at radius 1 is 0.774 bits per heavy atom. The van der Waals surface area contributed by atoms with Gasteiger partial charge in [-0.15, -0.1) is 0 Å². The number of amides is 1. The van der Waals surface area contributed by atoms with Gasteiger partial charge in [-0.3, -0.25) is 8.72 Å². The van der Waals surface area contributed by atoms with E-state index in [4.69, 9.17) is 0 Å². The first-order valence-electron chi connectivity index (χ1n) is 10.5. The zero-order valence-electron chi connectivity index (χ0n) is 17.0. The van der Waals surface area contributed by atoms with Gasteiger partial charge in [-0.25, -0.2) is 0 Å². The van der Waals surface area contributed by atoms with E-state index in [1.165, 1.54) is 37.0 Å². The first-order valence-corrected chi connectivity index (χ1v) is 11.2. The smallest absolute Gasteiger partial charge is 0.236 e. The average Bonchev–Trinajstić information content (AvgIpc) is 2.80. The molecule has 3 aliphatic carbocycles. The van der Waals surface area contributed by atoms with E-state index in [2.05, 4.69) is 64.7 Å². The third-order valence-corrected chi connectivity index (χ3v) is 7.50. The number of rotatable bonds is 2. The molecule has 0 spiro atoms. The summed E-state index contributed by atoms with van der Waals surface area (Å²) in [6.07, 6.45) is 1.01. The third-order valence-electron chi connectivity index (χ3n) is 7.15. The molecule has 0 N–H and O–H groups in total. The van der Waals surface area contributed by atoms with Crippen molar-refractivity contribution < 1.29 is 9.59 Å². The van der Waals surface area contributed by atoms with Crippen LogP contribution >= 0.6 is 16.1 Å². The van der Waals surface area contributed by atoms with Gasteiger partial charge in [-0.05, 0) is 43.8 Å². The van der Waals surface area contributed by atoms with E-state index in [0.717, 1.165) is 17.1 Å². The molecule has 0 radical (unpaired) electrons. The van der Waals surface area contributed by atoms with Gasteiger partial charge in [0, 0.05) is 24.8 Å². The molecule has 31 heavy (non-hydrogen) atoms. The largest absolute Gasteiger partial charge is 0.303 e. The van der Waals surface area contributed by atoms with Gasteiger partial charge in [0.05, 0.1) is 22.1 Å². The van der Waals surface area contributed by atoms with Gasteiger partial charge in [0.15, 0.2) is 0 Å². The molecule has 7 rings (SSSR count). The van der Waals surface area contributed by atoms with E-state index in [-0.39, 0.29) is 23.7 Å². The van der Waals surface area contributed by atoms with Crippen LogP contribution in [0.1, 0.15) is 34.1 Å². The quantitative estimate of drug-likeness (QED) is 0.275. The average molecular weight is 470 g/mol. The van der Waals surface area contributed by atoms with Gasteiger partial charge in [-0.1, -0.05) is 72.8 Å². The Labute approximate surface area is 189 Å². The van der Waals surface area contributed by atoms with E-state index >= 15 is 0 Å². The van der Waals surface area contributed by atoms with Crippen LogP contribution in [0.2, 0.25) is 0 Å². The van der Waals surface area contributed by atoms with Crippen molar-refractivity contribution in [3.63, 3.8) is 0 Å². The molecule has 0 fully saturated rings. The van der Waals surface area contributed by atoms with Gasteiger partial charge in [0.1, 0.15) is 6.29 Å². The Bertz CT molecular complexity index is 1310. The second-order valence-electron chi connectivity index (χ2n) is 8.67. The molecule has 2 atom stereocenters. The lowest BCUT2D eigenvalue weighted by Gasteiger charge is -2.48. The molecule has 4 aromatic rings. The summed E-state index contributed by atoms with van der Waals surface area (Å²) in [6.45, 7) is 0. The molecule has 4 aromatic carbocycles. The van der Waals surface area contributed by atoms with E-state index in [1.54, 1.807) is 7.05 Å². The van der Waals surface area contributed by atoms with Gasteiger partial charge in [0.2, 0.25) is 5.91 Å². The van der Waals surface area contributed by atoms with Crippen molar-refractivity contribution >= 4 is 49.9 Å². The van der Waals surface area contributed by atoms with Crippen LogP contribution in [-0.2, 0) is 9.59 Å². The fourth-order valence-electron chi connectivity index (χ4n) is 5.87. The predicted molar refractivity (Wildman–Crippen MR) is 126 cm³/mol. The minimum Gasteiger partial charge on any atom is -0.303 e. The Hall–Kier alpha value is -2.98. The summed E-state index contributed by atoms with van der Waals surface area (Å²) < 4.78 is 1.45. The maximum absolute atomic E-state index is 13.3. The molecule has 3 aliphatic rings. The summed E-state index contributed by atoms with van der Waals surface area (Å²) in [7, 11) is 1.70. The lowest BCUT2D eigenvalue weighted by Crippen LogP contribution is -2.46. The summed E-state index contributed by atoms with van der Waals surface area (Å²) in [4.78, 5) is 25.8. The summed E-state index contributed by atoms with van der Waals surface area (Å²) in [5.41, 5.74) is 4.73. The van der Waals surface area contributed by atoms with Crippen LogP contribution in [0.3, 0.4) is 0 Å². The Morgan fingerprint density at radius 2 is 1.16 bits per heavy atom. The van der Waals surface area contributed by atoms with Crippen molar-refractivity contribution in [3.05, 3.63) is 95.1 Å². The molecule has 3 nitrogen and oxygen atoms in total.